The van der Waals surface area contributed by atoms with Gasteiger partial charge in [0.25, 0.3) is 5.91 Å². The summed E-state index contributed by atoms with van der Waals surface area (Å²) in [6, 6.07) is 2.02. The quantitative estimate of drug-likeness (QED) is 0.821. The van der Waals surface area contributed by atoms with Gasteiger partial charge in [-0.3, -0.25) is 9.59 Å². The molecule has 0 unspecified atom stereocenters. The lowest BCUT2D eigenvalue weighted by Crippen LogP contribution is -2.31. The zero-order chi connectivity index (χ0) is 15.5. The maximum Gasteiger partial charge on any atom is 0.309 e. The van der Waals surface area contributed by atoms with Gasteiger partial charge in [0, 0.05) is 11.4 Å². The predicted octanol–water partition coefficient (Wildman–Crippen LogP) is 3.25. The van der Waals surface area contributed by atoms with E-state index in [1.807, 2.05) is 6.07 Å². The van der Waals surface area contributed by atoms with Crippen LogP contribution < -0.4 is 5.32 Å². The first-order chi connectivity index (χ1) is 9.90. The number of thiophene rings is 1. The molecule has 1 aliphatic rings. The lowest BCUT2D eigenvalue weighted by Gasteiger charge is -2.18. The summed E-state index contributed by atoms with van der Waals surface area (Å²) in [7, 11) is 0. The van der Waals surface area contributed by atoms with E-state index in [1.54, 1.807) is 25.2 Å². The Balaban J connectivity index is 1.91. The summed E-state index contributed by atoms with van der Waals surface area (Å²) in [5, 5.41) is 11.9. The summed E-state index contributed by atoms with van der Waals surface area (Å²) < 4.78 is 0. The number of carboxylic acid groups (broad SMARTS) is 1. The van der Waals surface area contributed by atoms with Gasteiger partial charge in [-0.2, -0.15) is 0 Å². The van der Waals surface area contributed by atoms with Crippen LogP contribution in [0, 0.1) is 5.41 Å². The Labute approximate surface area is 129 Å². The summed E-state index contributed by atoms with van der Waals surface area (Å²) in [6.45, 7) is 3.74. The number of fused-ring (bicyclic) bond motifs is 1. The fourth-order valence-electron chi connectivity index (χ4n) is 2.46. The molecule has 21 heavy (non-hydrogen) atoms. The minimum Gasteiger partial charge on any atom is -0.481 e. The standard InChI is InChI=1S/C16H23NO3S/c1-16(2,15(19)20)8-9-17-14(18)13-10-11-6-4-3-5-7-12(11)21-13/h10H,3-9H2,1-2H3,(H,17,18)(H,19,20). The predicted molar refractivity (Wildman–Crippen MR) is 83.9 cm³/mol. The van der Waals surface area contributed by atoms with Crippen molar-refractivity contribution in [3.63, 3.8) is 0 Å². The first-order valence-electron chi connectivity index (χ1n) is 7.53. The minimum atomic E-state index is -0.834. The molecule has 1 aromatic heterocycles. The van der Waals surface area contributed by atoms with Crippen molar-refractivity contribution in [3.05, 3.63) is 21.4 Å². The van der Waals surface area contributed by atoms with Crippen LogP contribution in [0.25, 0.3) is 0 Å². The van der Waals surface area contributed by atoms with Crippen molar-refractivity contribution in [3.8, 4) is 0 Å². The summed E-state index contributed by atoms with van der Waals surface area (Å²) in [4.78, 5) is 25.3. The maximum atomic E-state index is 12.2. The maximum absolute atomic E-state index is 12.2. The van der Waals surface area contributed by atoms with Gasteiger partial charge in [-0.1, -0.05) is 6.42 Å². The van der Waals surface area contributed by atoms with Crippen LogP contribution in [-0.4, -0.2) is 23.5 Å². The third-order valence-electron chi connectivity index (χ3n) is 4.08. The SMILES string of the molecule is CC(C)(CCNC(=O)c1cc2c(s1)CCCCC2)C(=O)O. The molecule has 0 fully saturated rings. The molecule has 4 nitrogen and oxygen atoms in total. The van der Waals surface area contributed by atoms with E-state index in [1.165, 1.54) is 29.7 Å². The van der Waals surface area contributed by atoms with E-state index < -0.39 is 11.4 Å². The van der Waals surface area contributed by atoms with Gasteiger partial charge < -0.3 is 10.4 Å². The Kier molecular flexibility index (Phi) is 5.04. The van der Waals surface area contributed by atoms with Gasteiger partial charge in [-0.25, -0.2) is 0 Å². The Morgan fingerprint density at radius 2 is 2.00 bits per heavy atom. The normalized spacial score (nSPS) is 15.1. The summed E-state index contributed by atoms with van der Waals surface area (Å²) in [5.41, 5.74) is 0.522. The highest BCUT2D eigenvalue weighted by molar-refractivity contribution is 7.14. The van der Waals surface area contributed by atoms with Crippen molar-refractivity contribution >= 4 is 23.2 Å². The van der Waals surface area contributed by atoms with Gasteiger partial charge in [0.1, 0.15) is 0 Å². The van der Waals surface area contributed by atoms with Crippen LogP contribution in [0.5, 0.6) is 0 Å². The number of aliphatic carboxylic acids is 1. The number of hydrogen-bond acceptors (Lipinski definition) is 3. The molecule has 2 rings (SSSR count). The summed E-state index contributed by atoms with van der Waals surface area (Å²) >= 11 is 1.59. The fourth-order valence-corrected chi connectivity index (χ4v) is 3.63. The van der Waals surface area contributed by atoms with Crippen molar-refractivity contribution in [2.24, 2.45) is 5.41 Å². The van der Waals surface area contributed by atoms with Gasteiger partial charge in [0.05, 0.1) is 10.3 Å². The lowest BCUT2D eigenvalue weighted by molar-refractivity contribution is -0.147. The third-order valence-corrected chi connectivity index (χ3v) is 5.32. The topological polar surface area (TPSA) is 66.4 Å². The second-order valence-electron chi connectivity index (χ2n) is 6.31. The lowest BCUT2D eigenvalue weighted by atomic mass is 9.90. The number of rotatable bonds is 5. The van der Waals surface area contributed by atoms with Crippen LogP contribution in [0.2, 0.25) is 0 Å². The van der Waals surface area contributed by atoms with Gasteiger partial charge >= 0.3 is 5.97 Å². The molecule has 0 atom stereocenters. The molecule has 1 heterocycles. The van der Waals surface area contributed by atoms with Crippen molar-refractivity contribution < 1.29 is 14.7 Å². The van der Waals surface area contributed by atoms with E-state index in [9.17, 15) is 9.59 Å². The first kappa shape index (κ1) is 16.0. The van der Waals surface area contributed by atoms with Crippen LogP contribution in [0.1, 0.15) is 59.6 Å². The summed E-state index contributed by atoms with van der Waals surface area (Å²) in [5.74, 6) is -0.908. The molecule has 1 amide bonds. The Morgan fingerprint density at radius 3 is 2.71 bits per heavy atom. The molecule has 0 saturated carbocycles. The summed E-state index contributed by atoms with van der Waals surface area (Å²) in [6.07, 6.45) is 6.27. The van der Waals surface area contributed by atoms with E-state index in [4.69, 9.17) is 5.11 Å². The second kappa shape index (κ2) is 6.60. The number of hydrogen-bond donors (Lipinski definition) is 2. The number of aryl methyl sites for hydroxylation is 2. The second-order valence-corrected chi connectivity index (χ2v) is 7.45. The van der Waals surface area contributed by atoms with Crippen LogP contribution in [-0.2, 0) is 17.6 Å². The van der Waals surface area contributed by atoms with E-state index in [2.05, 4.69) is 5.32 Å². The monoisotopic (exact) mass is 309 g/mol. The Bertz CT molecular complexity index is 510. The van der Waals surface area contributed by atoms with Crippen molar-refractivity contribution in [1.82, 2.24) is 5.32 Å². The smallest absolute Gasteiger partial charge is 0.309 e. The minimum absolute atomic E-state index is 0.0748. The molecule has 0 bridgehead atoms. The van der Waals surface area contributed by atoms with Gasteiger partial charge in [0.2, 0.25) is 0 Å². The zero-order valence-electron chi connectivity index (χ0n) is 12.7. The fraction of sp³-hybridized carbons (Fsp3) is 0.625. The van der Waals surface area contributed by atoms with Gasteiger partial charge in [0.15, 0.2) is 0 Å². The largest absolute Gasteiger partial charge is 0.481 e. The number of nitrogens with one attached hydrogen (secondary N) is 1. The molecule has 5 heteroatoms. The number of carbonyl (C=O) groups excluding carboxylic acids is 1. The molecule has 0 saturated heterocycles. The first-order valence-corrected chi connectivity index (χ1v) is 8.35. The molecule has 116 valence electrons. The highest BCUT2D eigenvalue weighted by atomic mass is 32.1. The van der Waals surface area contributed by atoms with E-state index in [0.29, 0.717) is 13.0 Å². The van der Waals surface area contributed by atoms with Crippen molar-refractivity contribution in [1.29, 1.82) is 0 Å². The van der Waals surface area contributed by atoms with Crippen LogP contribution in [0.3, 0.4) is 0 Å². The number of carbonyl (C=O) groups is 2. The Hall–Kier alpha value is -1.36. The molecule has 0 aliphatic heterocycles. The van der Waals surface area contributed by atoms with Crippen molar-refractivity contribution in [2.45, 2.75) is 52.4 Å². The van der Waals surface area contributed by atoms with Crippen LogP contribution >= 0.6 is 11.3 Å². The molecule has 1 aliphatic carbocycles. The van der Waals surface area contributed by atoms with Crippen LogP contribution in [0.15, 0.2) is 6.07 Å². The average molecular weight is 309 g/mol. The van der Waals surface area contributed by atoms with Crippen molar-refractivity contribution in [2.75, 3.05) is 6.54 Å². The van der Waals surface area contributed by atoms with E-state index in [-0.39, 0.29) is 5.91 Å². The van der Waals surface area contributed by atoms with E-state index >= 15 is 0 Å². The van der Waals surface area contributed by atoms with E-state index in [0.717, 1.165) is 17.7 Å². The molecule has 0 aromatic carbocycles. The van der Waals surface area contributed by atoms with Crippen LogP contribution in [0.4, 0.5) is 0 Å². The average Bonchev–Trinajstić information content (AvgIpc) is 2.70. The molecule has 1 aromatic rings. The molecule has 0 radical (unpaired) electrons. The molecular formula is C16H23NO3S. The molecule has 2 N–H and O–H groups in total. The number of carboxylic acids is 1. The number of amides is 1. The van der Waals surface area contributed by atoms with Gasteiger partial charge in [-0.05, 0) is 57.6 Å². The highest BCUT2D eigenvalue weighted by Gasteiger charge is 2.26. The molecule has 0 spiro atoms. The Morgan fingerprint density at radius 1 is 1.29 bits per heavy atom. The zero-order valence-corrected chi connectivity index (χ0v) is 13.5. The molecular weight excluding hydrogens is 286 g/mol. The third kappa shape index (κ3) is 4.06. The van der Waals surface area contributed by atoms with Gasteiger partial charge in [-0.15, -0.1) is 11.3 Å². The highest BCUT2D eigenvalue weighted by Crippen LogP contribution is 2.29.